The van der Waals surface area contributed by atoms with Crippen LogP contribution in [-0.4, -0.2) is 25.0 Å². The van der Waals surface area contributed by atoms with Crippen molar-refractivity contribution in [2.75, 3.05) is 7.05 Å². The molecule has 0 aromatic heterocycles. The van der Waals surface area contributed by atoms with Crippen molar-refractivity contribution in [3.8, 4) is 0 Å². The first-order valence-corrected chi connectivity index (χ1v) is 8.20. The van der Waals surface area contributed by atoms with Gasteiger partial charge >= 0.3 is 0 Å². The van der Waals surface area contributed by atoms with Crippen molar-refractivity contribution in [1.29, 1.82) is 0 Å². The number of ether oxygens (including phenoxy) is 1. The van der Waals surface area contributed by atoms with Crippen LogP contribution in [0.5, 0.6) is 0 Å². The van der Waals surface area contributed by atoms with Crippen molar-refractivity contribution in [1.82, 2.24) is 0 Å². The highest BCUT2D eigenvalue weighted by Gasteiger charge is 2.34. The molecular formula is C19H23ClNO2+. The third-order valence-electron chi connectivity index (χ3n) is 3.66. The summed E-state index contributed by atoms with van der Waals surface area (Å²) in [6.07, 6.45) is -0.313. The van der Waals surface area contributed by atoms with E-state index in [4.69, 9.17) is 16.3 Å². The molecule has 0 saturated carbocycles. The monoisotopic (exact) mass is 332 g/mol. The third kappa shape index (κ3) is 4.64. The van der Waals surface area contributed by atoms with Crippen LogP contribution in [0.4, 0.5) is 0 Å². The maximum absolute atomic E-state index is 12.9. The van der Waals surface area contributed by atoms with Gasteiger partial charge in [-0.1, -0.05) is 54.1 Å². The van der Waals surface area contributed by atoms with E-state index < -0.39 is 0 Å². The Bertz CT molecular complexity index is 626. The first-order valence-electron chi connectivity index (χ1n) is 7.82. The predicted molar refractivity (Wildman–Crippen MR) is 92.8 cm³/mol. The molecule has 0 radical (unpaired) electrons. The Morgan fingerprint density at radius 2 is 1.65 bits per heavy atom. The second-order valence-electron chi connectivity index (χ2n) is 5.75. The Morgan fingerprint density at radius 3 is 2.17 bits per heavy atom. The molecule has 0 amide bonds. The van der Waals surface area contributed by atoms with Crippen LogP contribution in [-0.2, 0) is 4.74 Å². The Morgan fingerprint density at radius 1 is 1.04 bits per heavy atom. The Labute approximate surface area is 142 Å². The minimum atomic E-state index is -0.346. The smallest absolute Gasteiger partial charge is 0.222 e. The quantitative estimate of drug-likeness (QED) is 0.791. The zero-order chi connectivity index (χ0) is 16.8. The van der Waals surface area contributed by atoms with Crippen LogP contribution in [0.3, 0.4) is 0 Å². The van der Waals surface area contributed by atoms with Crippen LogP contribution in [0.1, 0.15) is 35.9 Å². The SMILES string of the molecule is C[NH2+][C@H](C(=O)c1ccccc1)[C@H](OC(C)C)c1ccc(Cl)cc1. The lowest BCUT2D eigenvalue weighted by Crippen LogP contribution is -2.89. The fourth-order valence-electron chi connectivity index (χ4n) is 2.57. The van der Waals surface area contributed by atoms with Gasteiger partial charge < -0.3 is 10.1 Å². The highest BCUT2D eigenvalue weighted by atomic mass is 35.5. The summed E-state index contributed by atoms with van der Waals surface area (Å²) in [5.74, 6) is 0.0636. The normalized spacial score (nSPS) is 13.8. The van der Waals surface area contributed by atoms with E-state index >= 15 is 0 Å². The summed E-state index contributed by atoms with van der Waals surface area (Å²) in [6.45, 7) is 3.95. The zero-order valence-electron chi connectivity index (χ0n) is 13.7. The molecule has 0 aliphatic rings. The van der Waals surface area contributed by atoms with Crippen molar-refractivity contribution >= 4 is 17.4 Å². The molecule has 2 rings (SSSR count). The van der Waals surface area contributed by atoms with Gasteiger partial charge in [0, 0.05) is 10.6 Å². The molecule has 0 fully saturated rings. The molecular weight excluding hydrogens is 310 g/mol. The van der Waals surface area contributed by atoms with Crippen molar-refractivity contribution in [2.24, 2.45) is 0 Å². The summed E-state index contributed by atoms with van der Waals surface area (Å²) in [5, 5.41) is 2.58. The van der Waals surface area contributed by atoms with Crippen molar-refractivity contribution in [3.05, 3.63) is 70.7 Å². The summed E-state index contributed by atoms with van der Waals surface area (Å²) >= 11 is 5.98. The maximum atomic E-state index is 12.9. The number of quaternary nitrogens is 1. The van der Waals surface area contributed by atoms with Gasteiger partial charge in [0.1, 0.15) is 6.10 Å². The zero-order valence-corrected chi connectivity index (χ0v) is 14.5. The van der Waals surface area contributed by atoms with Crippen LogP contribution in [0, 0.1) is 0 Å². The lowest BCUT2D eigenvalue weighted by Gasteiger charge is -2.26. The first-order chi connectivity index (χ1) is 11.0. The molecule has 0 saturated heterocycles. The summed E-state index contributed by atoms with van der Waals surface area (Å²) in [4.78, 5) is 12.9. The van der Waals surface area contributed by atoms with Crippen LogP contribution in [0.25, 0.3) is 0 Å². The number of Topliss-reactive ketones (excluding diaryl/α,β-unsaturated/α-hetero) is 1. The van der Waals surface area contributed by atoms with Gasteiger partial charge in [0.15, 0.2) is 6.04 Å². The fraction of sp³-hybridized carbons (Fsp3) is 0.316. The molecule has 3 nitrogen and oxygen atoms in total. The van der Waals surface area contributed by atoms with Crippen LogP contribution in [0.2, 0.25) is 5.02 Å². The number of likely N-dealkylation sites (N-methyl/N-ethyl adjacent to an activating group) is 1. The van der Waals surface area contributed by atoms with Crippen LogP contribution >= 0.6 is 11.6 Å². The van der Waals surface area contributed by atoms with Gasteiger partial charge in [-0.3, -0.25) is 4.79 Å². The lowest BCUT2D eigenvalue weighted by molar-refractivity contribution is -0.658. The molecule has 2 aromatic carbocycles. The van der Waals surface area contributed by atoms with Gasteiger partial charge in [0.25, 0.3) is 0 Å². The van der Waals surface area contributed by atoms with E-state index in [0.29, 0.717) is 10.6 Å². The molecule has 23 heavy (non-hydrogen) atoms. The predicted octanol–water partition coefficient (Wildman–Crippen LogP) is 3.25. The van der Waals surface area contributed by atoms with Crippen LogP contribution < -0.4 is 5.32 Å². The second-order valence-corrected chi connectivity index (χ2v) is 6.18. The molecule has 0 unspecified atom stereocenters. The summed E-state index contributed by atoms with van der Waals surface area (Å²) in [7, 11) is 1.90. The van der Waals surface area contributed by atoms with Gasteiger partial charge in [0.2, 0.25) is 5.78 Å². The van der Waals surface area contributed by atoms with Crippen molar-refractivity contribution in [3.63, 3.8) is 0 Å². The average molecular weight is 333 g/mol. The number of hydrogen-bond donors (Lipinski definition) is 1. The highest BCUT2D eigenvalue weighted by molar-refractivity contribution is 6.30. The Balaban J connectivity index is 2.35. The molecule has 122 valence electrons. The number of benzene rings is 2. The highest BCUT2D eigenvalue weighted by Crippen LogP contribution is 2.25. The van der Waals surface area contributed by atoms with Gasteiger partial charge in [-0.05, 0) is 31.5 Å². The number of nitrogens with two attached hydrogens (primary N) is 1. The van der Waals surface area contributed by atoms with Crippen molar-refractivity contribution < 1.29 is 14.8 Å². The van der Waals surface area contributed by atoms with E-state index in [1.165, 1.54) is 0 Å². The van der Waals surface area contributed by atoms with E-state index in [-0.39, 0.29) is 24.0 Å². The number of carbonyl (C=O) groups excluding carboxylic acids is 1. The molecule has 0 spiro atoms. The average Bonchev–Trinajstić information content (AvgIpc) is 2.55. The lowest BCUT2D eigenvalue weighted by atomic mass is 9.94. The molecule has 0 aliphatic carbocycles. The van der Waals surface area contributed by atoms with Crippen molar-refractivity contribution in [2.45, 2.75) is 32.1 Å². The first kappa shape index (κ1) is 17.7. The Kier molecular flexibility index (Phi) is 6.34. The summed E-state index contributed by atoms with van der Waals surface area (Å²) in [5.41, 5.74) is 1.65. The maximum Gasteiger partial charge on any atom is 0.222 e. The molecule has 4 heteroatoms. The number of carbonyl (C=O) groups is 1. The van der Waals surface area contributed by atoms with E-state index in [2.05, 4.69) is 0 Å². The topological polar surface area (TPSA) is 42.9 Å². The van der Waals surface area contributed by atoms with E-state index in [1.54, 1.807) is 0 Å². The largest absolute Gasteiger partial charge is 0.364 e. The molecule has 0 aliphatic heterocycles. The molecule has 2 N–H and O–H groups in total. The van der Waals surface area contributed by atoms with E-state index in [9.17, 15) is 4.79 Å². The molecule has 2 atom stereocenters. The number of hydrogen-bond acceptors (Lipinski definition) is 2. The van der Waals surface area contributed by atoms with Gasteiger partial charge in [-0.15, -0.1) is 0 Å². The van der Waals surface area contributed by atoms with Gasteiger partial charge in [-0.25, -0.2) is 0 Å². The summed E-state index contributed by atoms with van der Waals surface area (Å²) < 4.78 is 6.08. The van der Waals surface area contributed by atoms with Crippen LogP contribution in [0.15, 0.2) is 54.6 Å². The minimum Gasteiger partial charge on any atom is -0.364 e. The van der Waals surface area contributed by atoms with Gasteiger partial charge in [-0.2, -0.15) is 0 Å². The minimum absolute atomic E-state index is 0.0155. The Hall–Kier alpha value is -1.68. The standard InChI is InChI=1S/C19H22ClNO2/c1-13(2)23-19(15-9-11-16(20)12-10-15)17(21-3)18(22)14-7-5-4-6-8-14/h4-13,17,19,21H,1-3H3/p+1/t17-,19-/m1/s1. The van der Waals surface area contributed by atoms with Gasteiger partial charge in [0.05, 0.1) is 13.2 Å². The second kappa shape index (κ2) is 8.25. The number of rotatable bonds is 7. The van der Waals surface area contributed by atoms with E-state index in [1.807, 2.05) is 80.8 Å². The number of ketones is 1. The molecule has 0 bridgehead atoms. The molecule has 2 aromatic rings. The third-order valence-corrected chi connectivity index (χ3v) is 3.92. The number of halogens is 1. The molecule has 0 heterocycles. The summed E-state index contributed by atoms with van der Waals surface area (Å²) in [6, 6.07) is 16.5. The van der Waals surface area contributed by atoms with E-state index in [0.717, 1.165) is 5.56 Å². The fourth-order valence-corrected chi connectivity index (χ4v) is 2.70.